The van der Waals surface area contributed by atoms with Crippen LogP contribution in [0.5, 0.6) is 0 Å². The molecule has 0 aromatic heterocycles. The van der Waals surface area contributed by atoms with E-state index < -0.39 is 0 Å². The molecule has 2 aromatic rings. The molecular formula is C23H21FN2O2S. The second-order valence-corrected chi connectivity index (χ2v) is 8.03. The molecule has 2 aliphatic rings. The molecule has 4 rings (SSSR count). The zero-order chi connectivity index (χ0) is 20.4. The molecule has 1 atom stereocenters. The molecule has 1 heterocycles. The Morgan fingerprint density at radius 2 is 1.97 bits per heavy atom. The Bertz CT molecular complexity index is 1030. The fourth-order valence-corrected chi connectivity index (χ4v) is 4.57. The molecule has 0 radical (unpaired) electrons. The summed E-state index contributed by atoms with van der Waals surface area (Å²) in [6.07, 6.45) is 5.17. The number of thioether (sulfide) groups is 1. The highest BCUT2D eigenvalue weighted by atomic mass is 32.2. The summed E-state index contributed by atoms with van der Waals surface area (Å²) in [5.74, 6) is -0.729. The van der Waals surface area contributed by atoms with E-state index in [1.54, 1.807) is 30.9 Å². The van der Waals surface area contributed by atoms with Crippen LogP contribution in [-0.2, 0) is 9.63 Å². The average Bonchev–Trinajstić information content (AvgIpc) is 3.02. The van der Waals surface area contributed by atoms with Gasteiger partial charge in [-0.25, -0.2) is 9.45 Å². The van der Waals surface area contributed by atoms with E-state index in [2.05, 4.69) is 6.07 Å². The van der Waals surface area contributed by atoms with Gasteiger partial charge >= 0.3 is 0 Å². The predicted octanol–water partition coefficient (Wildman–Crippen LogP) is 4.97. The number of fused-ring (bicyclic) bond motifs is 1. The number of hydrogen-bond donors (Lipinski definition) is 0. The summed E-state index contributed by atoms with van der Waals surface area (Å²) in [7, 11) is 3.09. The van der Waals surface area contributed by atoms with Crippen LogP contribution in [0.1, 0.15) is 24.0 Å². The van der Waals surface area contributed by atoms with Crippen LogP contribution in [0.3, 0.4) is 0 Å². The highest BCUT2D eigenvalue weighted by molar-refractivity contribution is 8.03. The summed E-state index contributed by atoms with van der Waals surface area (Å²) in [4.78, 5) is 25.0. The maximum atomic E-state index is 13.5. The zero-order valence-electron chi connectivity index (χ0n) is 16.3. The summed E-state index contributed by atoms with van der Waals surface area (Å²) < 4.78 is 13.5. The number of hydrogen-bond acceptors (Lipinski definition) is 4. The minimum atomic E-state index is -0.340. The minimum Gasteiger partial charge on any atom is -0.275 e. The van der Waals surface area contributed by atoms with Gasteiger partial charge in [-0.05, 0) is 36.8 Å². The molecule has 0 bridgehead atoms. The lowest BCUT2D eigenvalue weighted by Gasteiger charge is -2.19. The molecule has 0 spiro atoms. The number of halogens is 1. The summed E-state index contributed by atoms with van der Waals surface area (Å²) in [6, 6.07) is 14.5. The summed E-state index contributed by atoms with van der Waals surface area (Å²) >= 11 is 1.69. The predicted molar refractivity (Wildman–Crippen MR) is 113 cm³/mol. The van der Waals surface area contributed by atoms with E-state index in [1.807, 2.05) is 30.4 Å². The third kappa shape index (κ3) is 4.04. The van der Waals surface area contributed by atoms with E-state index in [-0.39, 0.29) is 17.6 Å². The molecule has 0 saturated carbocycles. The Morgan fingerprint density at radius 1 is 1.21 bits per heavy atom. The molecular weight excluding hydrogens is 387 g/mol. The van der Waals surface area contributed by atoms with Gasteiger partial charge in [0.1, 0.15) is 5.82 Å². The van der Waals surface area contributed by atoms with Gasteiger partial charge in [0.15, 0.2) is 0 Å². The summed E-state index contributed by atoms with van der Waals surface area (Å²) in [5, 5.41) is 1.25. The van der Waals surface area contributed by atoms with Crippen LogP contribution in [0.25, 0.3) is 0 Å². The maximum absolute atomic E-state index is 13.5. The largest absolute Gasteiger partial charge is 0.275 e. The lowest BCUT2D eigenvalue weighted by Crippen LogP contribution is -2.31. The lowest BCUT2D eigenvalue weighted by molar-refractivity contribution is -0.171. The number of rotatable bonds is 3. The van der Waals surface area contributed by atoms with Crippen molar-refractivity contribution in [3.8, 4) is 0 Å². The first-order valence-electron chi connectivity index (χ1n) is 9.39. The molecule has 1 aliphatic carbocycles. The molecule has 6 heteroatoms. The molecule has 0 N–H and O–H groups in total. The Morgan fingerprint density at radius 3 is 2.72 bits per heavy atom. The van der Waals surface area contributed by atoms with Gasteiger partial charge in [-0.15, -0.1) is 0 Å². The van der Waals surface area contributed by atoms with Gasteiger partial charge in [0.2, 0.25) is 0 Å². The minimum absolute atomic E-state index is 0.109. The van der Waals surface area contributed by atoms with Crippen LogP contribution in [0, 0.1) is 11.7 Å². The average molecular weight is 408 g/mol. The van der Waals surface area contributed by atoms with E-state index in [0.29, 0.717) is 6.42 Å². The molecule has 0 saturated heterocycles. The van der Waals surface area contributed by atoms with Crippen molar-refractivity contribution in [2.75, 3.05) is 14.2 Å². The molecule has 1 unspecified atom stereocenters. The lowest BCUT2D eigenvalue weighted by atomic mass is 10.0. The molecule has 148 valence electrons. The number of carbonyl (C=O) groups excluding carboxylic acids is 1. The number of amides is 1. The quantitative estimate of drug-likeness (QED) is 0.532. The van der Waals surface area contributed by atoms with Crippen molar-refractivity contribution < 1.29 is 14.0 Å². The summed E-state index contributed by atoms with van der Waals surface area (Å²) in [6.45, 7) is 0. The fourth-order valence-electron chi connectivity index (χ4n) is 3.46. The third-order valence-electron chi connectivity index (χ3n) is 5.05. The highest BCUT2D eigenvalue weighted by Gasteiger charge is 2.27. The van der Waals surface area contributed by atoms with E-state index in [9.17, 15) is 9.18 Å². The maximum Gasteiger partial charge on any atom is 0.253 e. The third-order valence-corrected chi connectivity index (χ3v) is 6.27. The SMILES string of the molecule is CON(C)C(=O)C1C=CCC2=C(C1)N=C(c1ccc(F)cc1)c1ccccc1S2. The number of allylic oxidation sites excluding steroid dienone is 3. The molecule has 1 amide bonds. The molecule has 4 nitrogen and oxygen atoms in total. The van der Waals surface area contributed by atoms with Crippen molar-refractivity contribution in [1.29, 1.82) is 0 Å². The summed E-state index contributed by atoms with van der Waals surface area (Å²) in [5.41, 5.74) is 3.55. The van der Waals surface area contributed by atoms with Crippen LogP contribution in [-0.4, -0.2) is 30.8 Å². The van der Waals surface area contributed by atoms with Gasteiger partial charge in [0.05, 0.1) is 24.4 Å². The first kappa shape index (κ1) is 19.6. The van der Waals surface area contributed by atoms with Crippen molar-refractivity contribution in [3.63, 3.8) is 0 Å². The van der Waals surface area contributed by atoms with Crippen molar-refractivity contribution in [3.05, 3.63) is 88.2 Å². The smallest absolute Gasteiger partial charge is 0.253 e. The zero-order valence-corrected chi connectivity index (χ0v) is 17.1. The van der Waals surface area contributed by atoms with E-state index >= 15 is 0 Å². The standard InChI is InChI=1S/C23H21FN2O2S/c1-26(28-2)23(27)16-6-5-9-21-19(14-16)25-22(15-10-12-17(24)13-11-15)18-7-3-4-8-20(18)29-21/h3-8,10-13,16H,9,14H2,1-2H3. The van der Waals surface area contributed by atoms with Crippen LogP contribution >= 0.6 is 11.8 Å². The van der Waals surface area contributed by atoms with Gasteiger partial charge in [-0.3, -0.25) is 14.6 Å². The van der Waals surface area contributed by atoms with Crippen molar-refractivity contribution in [1.82, 2.24) is 5.06 Å². The first-order valence-corrected chi connectivity index (χ1v) is 10.2. The molecule has 0 fully saturated rings. The number of carbonyl (C=O) groups is 1. The van der Waals surface area contributed by atoms with Crippen molar-refractivity contribution in [2.24, 2.45) is 10.9 Å². The van der Waals surface area contributed by atoms with Gasteiger partial charge in [0.25, 0.3) is 5.91 Å². The van der Waals surface area contributed by atoms with Crippen LogP contribution in [0.2, 0.25) is 0 Å². The highest BCUT2D eigenvalue weighted by Crippen LogP contribution is 2.41. The van der Waals surface area contributed by atoms with Crippen molar-refractivity contribution >= 4 is 23.4 Å². The van der Waals surface area contributed by atoms with Gasteiger partial charge in [-0.2, -0.15) is 0 Å². The van der Waals surface area contributed by atoms with Crippen LogP contribution in [0.4, 0.5) is 4.39 Å². The fraction of sp³-hybridized carbons (Fsp3) is 0.217. The van der Waals surface area contributed by atoms with Crippen molar-refractivity contribution in [2.45, 2.75) is 17.7 Å². The second-order valence-electron chi connectivity index (χ2n) is 6.90. The van der Waals surface area contributed by atoms with Gasteiger partial charge in [-0.1, -0.05) is 42.1 Å². The normalized spacial score (nSPS) is 18.3. The van der Waals surface area contributed by atoms with Crippen LogP contribution < -0.4 is 0 Å². The first-order chi connectivity index (χ1) is 14.1. The van der Waals surface area contributed by atoms with Gasteiger partial charge < -0.3 is 0 Å². The van der Waals surface area contributed by atoms with E-state index in [4.69, 9.17) is 9.83 Å². The number of nitrogens with zero attached hydrogens (tertiary/aromatic N) is 2. The second kappa shape index (κ2) is 8.35. The number of benzene rings is 2. The Balaban J connectivity index is 1.80. The Hall–Kier alpha value is -2.70. The van der Waals surface area contributed by atoms with Crippen LogP contribution in [0.15, 0.2) is 81.2 Å². The van der Waals surface area contributed by atoms with E-state index in [1.165, 1.54) is 24.3 Å². The van der Waals surface area contributed by atoms with E-state index in [0.717, 1.165) is 38.8 Å². The Labute approximate surface area is 173 Å². The topological polar surface area (TPSA) is 41.9 Å². The number of hydroxylamine groups is 2. The number of aliphatic imine (C=N–C) groups is 1. The van der Waals surface area contributed by atoms with Gasteiger partial charge in [0, 0.05) is 34.4 Å². The molecule has 1 aliphatic heterocycles. The molecule has 29 heavy (non-hydrogen) atoms. The molecule has 2 aromatic carbocycles. The monoisotopic (exact) mass is 408 g/mol. The Kier molecular flexibility index (Phi) is 5.65.